The van der Waals surface area contributed by atoms with Gasteiger partial charge in [-0.05, 0) is 25.1 Å². The smallest absolute Gasteiger partial charge is 0.305 e. The van der Waals surface area contributed by atoms with E-state index in [0.29, 0.717) is 13.1 Å². The second kappa shape index (κ2) is 6.33. The molecule has 0 aliphatic heterocycles. The molecule has 108 valence electrons. The lowest BCUT2D eigenvalue weighted by Crippen LogP contribution is -2.25. The molecule has 0 radical (unpaired) electrons. The zero-order valence-corrected chi connectivity index (χ0v) is 11.4. The van der Waals surface area contributed by atoms with E-state index in [-0.39, 0.29) is 13.0 Å². The number of carboxylic acids is 1. The van der Waals surface area contributed by atoms with E-state index in [0.717, 1.165) is 23.3 Å². The summed E-state index contributed by atoms with van der Waals surface area (Å²) in [6.07, 6.45) is 0.100. The Morgan fingerprint density at radius 1 is 1.45 bits per heavy atom. The average molecular weight is 278 g/mol. The number of aliphatic carboxylic acids is 1. The summed E-state index contributed by atoms with van der Waals surface area (Å²) in [7, 11) is 0. The minimum absolute atomic E-state index is 0.0138. The van der Waals surface area contributed by atoms with Crippen LogP contribution in [0.3, 0.4) is 0 Å². The van der Waals surface area contributed by atoms with Gasteiger partial charge in [0.25, 0.3) is 0 Å². The van der Waals surface area contributed by atoms with Crippen molar-refractivity contribution >= 4 is 22.7 Å². The number of benzene rings is 1. The third-order valence-electron chi connectivity index (χ3n) is 3.15. The van der Waals surface area contributed by atoms with Crippen molar-refractivity contribution in [3.63, 3.8) is 0 Å². The zero-order valence-electron chi connectivity index (χ0n) is 11.4. The predicted molar refractivity (Wildman–Crippen MR) is 74.8 cm³/mol. The molecule has 1 aromatic heterocycles. The number of fused-ring (bicyclic) bond motifs is 1. The number of anilines is 1. The first-order valence-electron chi connectivity index (χ1n) is 6.56. The van der Waals surface area contributed by atoms with Crippen LogP contribution in [0, 0.1) is 0 Å². The number of aliphatic hydroxyl groups excluding tert-OH is 1. The standard InChI is InChI=1S/C13H18N4O3/c1-2-16(6-5-13(19)20)10-3-4-12-11(9-10)14-15-17(12)7-8-18/h3-4,9,18H,2,5-8H2,1H3,(H,19,20). The summed E-state index contributed by atoms with van der Waals surface area (Å²) in [5.74, 6) is -0.807. The van der Waals surface area contributed by atoms with Gasteiger partial charge in [-0.25, -0.2) is 4.68 Å². The molecule has 0 bridgehead atoms. The van der Waals surface area contributed by atoms with Gasteiger partial charge in [0, 0.05) is 18.8 Å². The van der Waals surface area contributed by atoms with Gasteiger partial charge in [0.05, 0.1) is 25.1 Å². The first-order chi connectivity index (χ1) is 9.65. The maximum absolute atomic E-state index is 10.7. The van der Waals surface area contributed by atoms with E-state index in [1.54, 1.807) is 4.68 Å². The summed E-state index contributed by atoms with van der Waals surface area (Å²) < 4.78 is 1.65. The van der Waals surface area contributed by atoms with E-state index >= 15 is 0 Å². The lowest BCUT2D eigenvalue weighted by atomic mass is 10.2. The molecular formula is C13H18N4O3. The SMILES string of the molecule is CCN(CCC(=O)O)c1ccc2c(c1)nnn2CCO. The summed E-state index contributed by atoms with van der Waals surface area (Å²) in [6, 6.07) is 5.70. The van der Waals surface area contributed by atoms with Crippen LogP contribution < -0.4 is 4.90 Å². The highest BCUT2D eigenvalue weighted by molar-refractivity contribution is 5.79. The molecule has 20 heavy (non-hydrogen) atoms. The fourth-order valence-electron chi connectivity index (χ4n) is 2.12. The molecule has 2 N–H and O–H groups in total. The monoisotopic (exact) mass is 278 g/mol. The number of carbonyl (C=O) groups is 1. The average Bonchev–Trinajstić information content (AvgIpc) is 2.82. The number of aromatic nitrogens is 3. The van der Waals surface area contributed by atoms with E-state index in [4.69, 9.17) is 10.2 Å². The number of rotatable bonds is 7. The number of aliphatic hydroxyl groups is 1. The molecule has 0 atom stereocenters. The Hall–Kier alpha value is -2.15. The van der Waals surface area contributed by atoms with Gasteiger partial charge in [0.1, 0.15) is 5.52 Å². The molecule has 2 aromatic rings. The van der Waals surface area contributed by atoms with Crippen LogP contribution in [0.25, 0.3) is 11.0 Å². The van der Waals surface area contributed by atoms with Crippen LogP contribution in [0.5, 0.6) is 0 Å². The fraction of sp³-hybridized carbons (Fsp3) is 0.462. The van der Waals surface area contributed by atoms with Gasteiger partial charge in [-0.3, -0.25) is 4.79 Å². The lowest BCUT2D eigenvalue weighted by Gasteiger charge is -2.22. The Balaban J connectivity index is 2.23. The first kappa shape index (κ1) is 14.3. The number of hydrogen-bond acceptors (Lipinski definition) is 5. The number of carboxylic acid groups (broad SMARTS) is 1. The van der Waals surface area contributed by atoms with Crippen molar-refractivity contribution in [1.82, 2.24) is 15.0 Å². The van der Waals surface area contributed by atoms with Crippen molar-refractivity contribution in [2.24, 2.45) is 0 Å². The lowest BCUT2D eigenvalue weighted by molar-refractivity contribution is -0.136. The molecule has 0 saturated carbocycles. The molecule has 0 spiro atoms. The van der Waals surface area contributed by atoms with E-state index in [1.165, 1.54) is 0 Å². The molecule has 0 fully saturated rings. The zero-order chi connectivity index (χ0) is 14.5. The highest BCUT2D eigenvalue weighted by Crippen LogP contribution is 2.20. The molecule has 1 aromatic carbocycles. The normalized spacial score (nSPS) is 10.9. The van der Waals surface area contributed by atoms with Crippen LogP contribution in [-0.2, 0) is 11.3 Å². The maximum atomic E-state index is 10.7. The molecule has 0 amide bonds. The van der Waals surface area contributed by atoms with E-state index in [1.807, 2.05) is 30.0 Å². The maximum Gasteiger partial charge on any atom is 0.305 e. The summed E-state index contributed by atoms with van der Waals surface area (Å²) in [5, 5.41) is 25.8. The topological polar surface area (TPSA) is 91.5 Å². The van der Waals surface area contributed by atoms with Crippen molar-refractivity contribution in [3.05, 3.63) is 18.2 Å². The molecule has 2 rings (SSSR count). The highest BCUT2D eigenvalue weighted by Gasteiger charge is 2.10. The highest BCUT2D eigenvalue weighted by atomic mass is 16.4. The van der Waals surface area contributed by atoms with E-state index in [9.17, 15) is 4.79 Å². The van der Waals surface area contributed by atoms with Gasteiger partial charge in [0.15, 0.2) is 0 Å². The van der Waals surface area contributed by atoms with Crippen LogP contribution in [0.1, 0.15) is 13.3 Å². The van der Waals surface area contributed by atoms with Gasteiger partial charge in [-0.15, -0.1) is 5.10 Å². The number of hydrogen-bond donors (Lipinski definition) is 2. The fourth-order valence-corrected chi connectivity index (χ4v) is 2.12. The summed E-state index contributed by atoms with van der Waals surface area (Å²) >= 11 is 0. The van der Waals surface area contributed by atoms with Crippen LogP contribution in [0.2, 0.25) is 0 Å². The second-order valence-corrected chi connectivity index (χ2v) is 4.43. The summed E-state index contributed by atoms with van der Waals surface area (Å²) in [4.78, 5) is 12.6. The Morgan fingerprint density at radius 2 is 2.25 bits per heavy atom. The quantitative estimate of drug-likeness (QED) is 0.775. The molecule has 0 unspecified atom stereocenters. The number of nitrogens with zero attached hydrogens (tertiary/aromatic N) is 4. The van der Waals surface area contributed by atoms with Gasteiger partial charge < -0.3 is 15.1 Å². The van der Waals surface area contributed by atoms with Crippen molar-refractivity contribution in [2.45, 2.75) is 19.9 Å². The molecule has 0 aliphatic rings. The predicted octanol–water partition coefficient (Wildman–Crippen LogP) is 0.725. The third-order valence-corrected chi connectivity index (χ3v) is 3.15. The van der Waals surface area contributed by atoms with Gasteiger partial charge >= 0.3 is 5.97 Å². The summed E-state index contributed by atoms with van der Waals surface area (Å²) in [6.45, 7) is 3.59. The second-order valence-electron chi connectivity index (χ2n) is 4.43. The van der Waals surface area contributed by atoms with E-state index in [2.05, 4.69) is 10.3 Å². The molecule has 7 nitrogen and oxygen atoms in total. The Morgan fingerprint density at radius 3 is 2.90 bits per heavy atom. The molecule has 0 aliphatic carbocycles. The van der Waals surface area contributed by atoms with Gasteiger partial charge in [0.2, 0.25) is 0 Å². The van der Waals surface area contributed by atoms with Crippen molar-refractivity contribution in [1.29, 1.82) is 0 Å². The molecule has 0 saturated heterocycles. The Bertz CT molecular complexity index is 596. The molecular weight excluding hydrogens is 260 g/mol. The van der Waals surface area contributed by atoms with Gasteiger partial charge in [-0.2, -0.15) is 0 Å². The van der Waals surface area contributed by atoms with Crippen LogP contribution in [-0.4, -0.2) is 50.9 Å². The first-order valence-corrected chi connectivity index (χ1v) is 6.56. The minimum Gasteiger partial charge on any atom is -0.481 e. The molecule has 7 heteroatoms. The molecule has 1 heterocycles. The van der Waals surface area contributed by atoms with Crippen LogP contribution in [0.15, 0.2) is 18.2 Å². The van der Waals surface area contributed by atoms with E-state index < -0.39 is 5.97 Å². The van der Waals surface area contributed by atoms with Crippen LogP contribution in [0.4, 0.5) is 5.69 Å². The summed E-state index contributed by atoms with van der Waals surface area (Å²) in [5.41, 5.74) is 2.53. The minimum atomic E-state index is -0.807. The van der Waals surface area contributed by atoms with Crippen molar-refractivity contribution < 1.29 is 15.0 Å². The Kier molecular flexibility index (Phi) is 4.52. The van der Waals surface area contributed by atoms with Crippen LogP contribution >= 0.6 is 0 Å². The van der Waals surface area contributed by atoms with Gasteiger partial charge in [-0.1, -0.05) is 5.21 Å². The largest absolute Gasteiger partial charge is 0.481 e. The van der Waals surface area contributed by atoms with Crippen molar-refractivity contribution in [3.8, 4) is 0 Å². The van der Waals surface area contributed by atoms with Crippen molar-refractivity contribution in [2.75, 3.05) is 24.6 Å². The Labute approximate surface area is 116 Å². The third kappa shape index (κ3) is 3.05.